The molecule has 1 atom stereocenters. The van der Waals surface area contributed by atoms with Crippen LogP contribution in [0.4, 0.5) is 10.1 Å². The summed E-state index contributed by atoms with van der Waals surface area (Å²) < 4.78 is 41.3. The first-order valence-corrected chi connectivity index (χ1v) is 9.73. The lowest BCUT2D eigenvalue weighted by molar-refractivity contribution is -0.0292. The van der Waals surface area contributed by atoms with Crippen molar-refractivity contribution < 1.29 is 21.4 Å². The average Bonchev–Trinajstić information content (AvgIpc) is 2.75. The quantitative estimate of drug-likeness (QED) is 0.669. The summed E-state index contributed by atoms with van der Waals surface area (Å²) in [5.41, 5.74) is 6.73. The van der Waals surface area contributed by atoms with Gasteiger partial charge in [0.15, 0.2) is 0 Å². The Morgan fingerprint density at radius 2 is 2.21 bits per heavy atom. The Morgan fingerprint density at radius 1 is 1.45 bits per heavy atom. The minimum absolute atomic E-state index is 0.169. The molecule has 0 spiro atoms. The molecular weight excluding hydrogens is 397 g/mol. The molecule has 156 valence electrons. The van der Waals surface area contributed by atoms with Gasteiger partial charge in [0, 0.05) is 34.9 Å². The van der Waals surface area contributed by atoms with E-state index in [9.17, 15) is 9.18 Å². The molecule has 6 nitrogen and oxygen atoms in total. The van der Waals surface area contributed by atoms with Crippen molar-refractivity contribution in [2.45, 2.75) is 19.5 Å². The second kappa shape index (κ2) is 9.91. The Kier molecular flexibility index (Phi) is 6.38. The van der Waals surface area contributed by atoms with Crippen molar-refractivity contribution in [3.63, 3.8) is 0 Å². The third-order valence-electron chi connectivity index (χ3n) is 4.40. The number of hydrogen-bond acceptors (Lipinski definition) is 5. The summed E-state index contributed by atoms with van der Waals surface area (Å²) in [6.45, 7) is 1.46. The van der Waals surface area contributed by atoms with E-state index in [1.54, 1.807) is 11.8 Å². The van der Waals surface area contributed by atoms with Crippen LogP contribution in [0.1, 0.15) is 25.6 Å². The van der Waals surface area contributed by atoms with Gasteiger partial charge in [0.05, 0.1) is 35.6 Å². The van der Waals surface area contributed by atoms with Gasteiger partial charge in [-0.3, -0.25) is 9.69 Å². The van der Waals surface area contributed by atoms with E-state index >= 15 is 0 Å². The van der Waals surface area contributed by atoms with Gasteiger partial charge in [-0.15, -0.1) is 0 Å². The van der Waals surface area contributed by atoms with Gasteiger partial charge in [-0.05, 0) is 30.7 Å². The Labute approximate surface area is 177 Å². The molecule has 1 amide bonds. The number of nitrogens with one attached hydrogen (secondary N) is 1. The van der Waals surface area contributed by atoms with Gasteiger partial charge in [-0.1, -0.05) is 23.7 Å². The molecule has 0 aliphatic carbocycles. The third-order valence-corrected chi connectivity index (χ3v) is 4.73. The lowest BCUT2D eigenvalue weighted by Crippen LogP contribution is -2.47. The van der Waals surface area contributed by atoms with Crippen molar-refractivity contribution in [1.82, 2.24) is 10.2 Å². The fourth-order valence-corrected chi connectivity index (χ4v) is 3.14. The van der Waals surface area contributed by atoms with Gasteiger partial charge in [-0.2, -0.15) is 0 Å². The Hall–Kier alpha value is -2.35. The number of carbonyl (C=O) groups is 1. The van der Waals surface area contributed by atoms with Crippen LogP contribution in [-0.4, -0.2) is 49.8 Å². The fraction of sp³-hybridized carbons (Fsp3) is 0.381. The van der Waals surface area contributed by atoms with Crippen LogP contribution in [0.2, 0.25) is 5.02 Å². The highest BCUT2D eigenvalue weighted by Gasteiger charge is 2.22. The normalized spacial score (nSPS) is 18.7. The van der Waals surface area contributed by atoms with Crippen LogP contribution in [0.5, 0.6) is 5.75 Å². The fourth-order valence-electron chi connectivity index (χ4n) is 2.97. The first kappa shape index (κ1) is 18.7. The highest BCUT2D eigenvalue weighted by atomic mass is 35.5. The maximum absolute atomic E-state index is 13.2. The van der Waals surface area contributed by atoms with Gasteiger partial charge < -0.3 is 20.5 Å². The largest absolute Gasteiger partial charge is 0.493 e. The number of halogens is 2. The molecule has 3 rings (SSSR count). The first-order valence-electron chi connectivity index (χ1n) is 10.3. The maximum atomic E-state index is 13.2. The molecule has 0 aromatic heterocycles. The van der Waals surface area contributed by atoms with Crippen LogP contribution >= 0.6 is 11.6 Å². The van der Waals surface area contributed by atoms with Crippen LogP contribution in [0, 0.1) is 5.82 Å². The zero-order valence-corrected chi connectivity index (χ0v) is 16.8. The number of morpholine rings is 1. The number of hydrogen-bond donors (Lipinski definition) is 2. The number of ether oxygens (including phenoxy) is 2. The van der Waals surface area contributed by atoms with Crippen LogP contribution < -0.4 is 15.8 Å². The zero-order chi connectivity index (χ0) is 22.6. The molecule has 2 aromatic rings. The van der Waals surface area contributed by atoms with Gasteiger partial charge in [-0.25, -0.2) is 4.39 Å². The zero-order valence-electron chi connectivity index (χ0n) is 18.1. The third kappa shape index (κ3) is 5.82. The lowest BCUT2D eigenvalue weighted by Gasteiger charge is -2.33. The predicted molar refractivity (Wildman–Crippen MR) is 111 cm³/mol. The number of rotatable bonds is 7. The maximum Gasteiger partial charge on any atom is 0.255 e. The highest BCUT2D eigenvalue weighted by Crippen LogP contribution is 2.29. The molecule has 1 aliphatic heterocycles. The number of carbonyl (C=O) groups excluding carboxylic acids is 1. The van der Waals surface area contributed by atoms with E-state index in [2.05, 4.69) is 5.32 Å². The molecule has 0 saturated carbocycles. The summed E-state index contributed by atoms with van der Waals surface area (Å²) in [6.07, 6.45) is -0.423. The lowest BCUT2D eigenvalue weighted by atomic mass is 10.1. The van der Waals surface area contributed by atoms with E-state index in [4.69, 9.17) is 29.5 Å². The van der Waals surface area contributed by atoms with Crippen LogP contribution in [0.15, 0.2) is 36.4 Å². The summed E-state index contributed by atoms with van der Waals surface area (Å²) in [7, 11) is 0. The number of anilines is 1. The second-order valence-corrected chi connectivity index (χ2v) is 6.98. The monoisotopic (exact) mass is 423 g/mol. The molecule has 0 bridgehead atoms. The van der Waals surface area contributed by atoms with E-state index < -0.39 is 24.3 Å². The number of nitrogens with zero attached hydrogens (tertiary/aromatic N) is 1. The van der Waals surface area contributed by atoms with Crippen molar-refractivity contribution in [1.29, 1.82) is 0 Å². The van der Waals surface area contributed by atoms with Crippen molar-refractivity contribution >= 4 is 23.2 Å². The molecule has 0 radical (unpaired) electrons. The minimum Gasteiger partial charge on any atom is -0.493 e. The summed E-state index contributed by atoms with van der Waals surface area (Å²) >= 11 is 6.06. The van der Waals surface area contributed by atoms with Crippen LogP contribution in [0.25, 0.3) is 0 Å². The second-order valence-electron chi connectivity index (χ2n) is 6.57. The van der Waals surface area contributed by atoms with E-state index in [1.165, 1.54) is 36.4 Å². The van der Waals surface area contributed by atoms with Crippen LogP contribution in [-0.2, 0) is 11.2 Å². The van der Waals surface area contributed by atoms with Gasteiger partial charge in [0.1, 0.15) is 11.6 Å². The van der Waals surface area contributed by atoms with Gasteiger partial charge >= 0.3 is 0 Å². The Bertz CT molecular complexity index is 931. The summed E-state index contributed by atoms with van der Waals surface area (Å²) in [5, 5.41) is 3.04. The molecule has 1 fully saturated rings. The highest BCUT2D eigenvalue weighted by molar-refractivity contribution is 6.33. The molecule has 29 heavy (non-hydrogen) atoms. The molecule has 3 N–H and O–H groups in total. The Morgan fingerprint density at radius 3 is 2.93 bits per heavy atom. The molecule has 1 saturated heterocycles. The topological polar surface area (TPSA) is 76.8 Å². The number of nitrogen functional groups attached to an aromatic ring is 1. The van der Waals surface area contributed by atoms with Crippen molar-refractivity contribution in [2.24, 2.45) is 0 Å². The van der Waals surface area contributed by atoms with E-state index in [1.807, 2.05) is 0 Å². The number of amides is 1. The average molecular weight is 424 g/mol. The molecule has 2 aromatic carbocycles. The van der Waals surface area contributed by atoms with Crippen molar-refractivity contribution in [2.75, 3.05) is 38.6 Å². The first-order chi connectivity index (χ1) is 14.7. The van der Waals surface area contributed by atoms with Gasteiger partial charge in [0.25, 0.3) is 5.91 Å². The predicted octanol–water partition coefficient (Wildman–Crippen LogP) is 3.09. The molecule has 1 aliphatic rings. The van der Waals surface area contributed by atoms with Crippen molar-refractivity contribution in [3.8, 4) is 5.75 Å². The molecule has 8 heteroatoms. The van der Waals surface area contributed by atoms with E-state index in [0.717, 1.165) is 0 Å². The number of benzene rings is 2. The summed E-state index contributed by atoms with van der Waals surface area (Å²) in [6, 6.07) is 8.30. The van der Waals surface area contributed by atoms with E-state index in [0.29, 0.717) is 36.8 Å². The summed E-state index contributed by atoms with van der Waals surface area (Å²) in [5.74, 6) is -0.482. The molecule has 1 unspecified atom stereocenters. The molecular formula is C21H25ClFN3O3. The summed E-state index contributed by atoms with van der Waals surface area (Å²) in [4.78, 5) is 14.3. The van der Waals surface area contributed by atoms with Gasteiger partial charge in [0.2, 0.25) is 0 Å². The smallest absolute Gasteiger partial charge is 0.255 e. The number of nitrogens with two attached hydrogens (primary N) is 1. The standard InChI is InChI=1S/C21H25ClFN3O3/c1-2-28-20-10-19(24)18(22)9-17(20)21(27)25-11-16-13-26(7-8-29-16)12-14-3-5-15(23)6-4-14/h3-6,9-10,16H,2,7-8,11-13,24H2,1H3,(H,25,27)/i12D2. The SMILES string of the molecule is [2H]C([2H])(c1ccc(F)cc1)N1CCOC(CNC(=O)c2cc(Cl)c(N)cc2OCC)C1. The minimum atomic E-state index is -1.80. The van der Waals surface area contributed by atoms with Crippen LogP contribution in [0.3, 0.4) is 0 Å². The van der Waals surface area contributed by atoms with E-state index in [-0.39, 0.29) is 23.7 Å². The van der Waals surface area contributed by atoms with Crippen molar-refractivity contribution in [3.05, 3.63) is 58.4 Å². The molecule has 1 heterocycles. The Balaban J connectivity index is 1.65.